The molecular weight excluding hydrogens is 342 g/mol. The number of thioether (sulfide) groups is 1. The lowest BCUT2D eigenvalue weighted by atomic mass is 10.3. The Morgan fingerprint density at radius 3 is 3.00 bits per heavy atom. The second-order valence-electron chi connectivity index (χ2n) is 4.76. The third kappa shape index (κ3) is 4.84. The third-order valence-electron chi connectivity index (χ3n) is 3.24. The Morgan fingerprint density at radius 1 is 1.52 bits per heavy atom. The van der Waals surface area contributed by atoms with Crippen LogP contribution in [-0.2, 0) is 14.3 Å². The van der Waals surface area contributed by atoms with Crippen LogP contribution in [0.1, 0.15) is 10.5 Å². The van der Waals surface area contributed by atoms with Gasteiger partial charge in [0.1, 0.15) is 10.9 Å². The topological polar surface area (TPSA) is 88.6 Å². The summed E-state index contributed by atoms with van der Waals surface area (Å²) in [6.45, 7) is 0.648. The number of halogens is 1. The standard InChI is InChI=1S/C14H16ClN3O4S/c1-22-14(21)11-8-18(4-5-23-11)12(19)7-17-13(20)10-6-9(15)2-3-16-10/h2-3,6,11H,4-5,7-8H2,1H3,(H,17,20)/t11-/m0/s1. The van der Waals surface area contributed by atoms with Crippen molar-refractivity contribution in [2.75, 3.05) is 32.5 Å². The van der Waals surface area contributed by atoms with Crippen LogP contribution in [0.2, 0.25) is 5.02 Å². The van der Waals surface area contributed by atoms with Gasteiger partial charge in [0.2, 0.25) is 5.91 Å². The van der Waals surface area contributed by atoms with Crippen LogP contribution in [0.5, 0.6) is 0 Å². The molecule has 1 N–H and O–H groups in total. The minimum atomic E-state index is -0.475. The van der Waals surface area contributed by atoms with E-state index in [0.29, 0.717) is 17.3 Å². The van der Waals surface area contributed by atoms with Gasteiger partial charge in [0.25, 0.3) is 5.91 Å². The Morgan fingerprint density at radius 2 is 2.30 bits per heavy atom. The molecule has 2 heterocycles. The molecule has 1 fully saturated rings. The fraction of sp³-hybridized carbons (Fsp3) is 0.429. The van der Waals surface area contributed by atoms with Crippen LogP contribution in [0.4, 0.5) is 0 Å². The molecule has 1 aromatic heterocycles. The Labute approximate surface area is 142 Å². The van der Waals surface area contributed by atoms with Gasteiger partial charge in [-0.3, -0.25) is 19.4 Å². The van der Waals surface area contributed by atoms with E-state index in [0.717, 1.165) is 0 Å². The van der Waals surface area contributed by atoms with Crippen LogP contribution in [0.3, 0.4) is 0 Å². The van der Waals surface area contributed by atoms with Gasteiger partial charge in [0, 0.05) is 30.1 Å². The quantitative estimate of drug-likeness (QED) is 0.793. The average Bonchev–Trinajstić information content (AvgIpc) is 2.58. The van der Waals surface area contributed by atoms with Gasteiger partial charge in [-0.25, -0.2) is 0 Å². The number of nitrogens with zero attached hydrogens (tertiary/aromatic N) is 2. The summed E-state index contributed by atoms with van der Waals surface area (Å²) in [5.41, 5.74) is 0.145. The summed E-state index contributed by atoms with van der Waals surface area (Å²) >= 11 is 7.25. The summed E-state index contributed by atoms with van der Waals surface area (Å²) in [4.78, 5) is 41.1. The Hall–Kier alpha value is -1.80. The average molecular weight is 358 g/mol. The van der Waals surface area contributed by atoms with Gasteiger partial charge in [-0.15, -0.1) is 11.8 Å². The summed E-state index contributed by atoms with van der Waals surface area (Å²) < 4.78 is 4.70. The van der Waals surface area contributed by atoms with E-state index in [1.54, 1.807) is 11.0 Å². The number of amides is 2. The summed E-state index contributed by atoms with van der Waals surface area (Å²) in [5, 5.41) is 2.51. The maximum atomic E-state index is 12.2. The number of rotatable bonds is 4. The van der Waals surface area contributed by atoms with Crippen molar-refractivity contribution >= 4 is 41.1 Å². The number of aromatic nitrogens is 1. The highest BCUT2D eigenvalue weighted by atomic mass is 35.5. The van der Waals surface area contributed by atoms with E-state index in [2.05, 4.69) is 10.3 Å². The minimum Gasteiger partial charge on any atom is -0.468 e. The highest BCUT2D eigenvalue weighted by molar-refractivity contribution is 8.00. The van der Waals surface area contributed by atoms with Crippen molar-refractivity contribution in [3.63, 3.8) is 0 Å². The van der Waals surface area contributed by atoms with Gasteiger partial charge in [-0.05, 0) is 12.1 Å². The molecule has 124 valence electrons. The highest BCUT2D eigenvalue weighted by Crippen LogP contribution is 2.19. The lowest BCUT2D eigenvalue weighted by Crippen LogP contribution is -2.48. The molecule has 1 aliphatic heterocycles. The normalized spacial score (nSPS) is 17.5. The molecule has 1 atom stereocenters. The van der Waals surface area contributed by atoms with Crippen LogP contribution in [0, 0.1) is 0 Å². The molecule has 0 bridgehead atoms. The van der Waals surface area contributed by atoms with Crippen LogP contribution in [-0.4, -0.2) is 65.4 Å². The molecule has 9 heteroatoms. The number of carbonyl (C=O) groups excluding carboxylic acids is 3. The molecule has 0 aliphatic carbocycles. The summed E-state index contributed by atoms with van der Waals surface area (Å²) in [6, 6.07) is 2.98. The van der Waals surface area contributed by atoms with Crippen molar-refractivity contribution in [1.82, 2.24) is 15.2 Å². The molecule has 0 spiro atoms. The van der Waals surface area contributed by atoms with Crippen molar-refractivity contribution < 1.29 is 19.1 Å². The van der Waals surface area contributed by atoms with Crippen molar-refractivity contribution in [3.8, 4) is 0 Å². The highest BCUT2D eigenvalue weighted by Gasteiger charge is 2.29. The second kappa shape index (κ2) is 8.16. The van der Waals surface area contributed by atoms with E-state index in [9.17, 15) is 14.4 Å². The molecule has 7 nitrogen and oxygen atoms in total. The maximum absolute atomic E-state index is 12.2. The summed E-state index contributed by atoms with van der Waals surface area (Å²) in [5.74, 6) is -0.430. The number of ether oxygens (including phenoxy) is 1. The van der Waals surface area contributed by atoms with Gasteiger partial charge < -0.3 is 15.0 Å². The molecule has 0 unspecified atom stereocenters. The summed E-state index contributed by atoms with van der Waals surface area (Å²) in [7, 11) is 1.32. The van der Waals surface area contributed by atoms with Crippen LogP contribution in [0.25, 0.3) is 0 Å². The SMILES string of the molecule is COC(=O)[C@@H]1CN(C(=O)CNC(=O)c2cc(Cl)ccn2)CCS1. The van der Waals surface area contributed by atoms with Crippen LogP contribution in [0.15, 0.2) is 18.3 Å². The van der Waals surface area contributed by atoms with Crippen molar-refractivity contribution in [2.24, 2.45) is 0 Å². The third-order valence-corrected chi connectivity index (χ3v) is 4.64. The first kappa shape index (κ1) is 17.6. The predicted octanol–water partition coefficient (Wildman–Crippen LogP) is 0.582. The Balaban J connectivity index is 1.87. The first-order valence-electron chi connectivity index (χ1n) is 6.88. The number of hydrogen-bond acceptors (Lipinski definition) is 6. The first-order chi connectivity index (χ1) is 11.0. The zero-order chi connectivity index (χ0) is 16.8. The van der Waals surface area contributed by atoms with E-state index >= 15 is 0 Å². The number of nitrogens with one attached hydrogen (secondary N) is 1. The molecule has 23 heavy (non-hydrogen) atoms. The largest absolute Gasteiger partial charge is 0.468 e. The van der Waals surface area contributed by atoms with Crippen molar-refractivity contribution in [1.29, 1.82) is 0 Å². The van der Waals surface area contributed by atoms with Gasteiger partial charge in [-0.1, -0.05) is 11.6 Å². The number of pyridine rings is 1. The molecule has 1 aromatic rings. The molecule has 1 aliphatic rings. The number of esters is 1. The predicted molar refractivity (Wildman–Crippen MR) is 86.4 cm³/mol. The van der Waals surface area contributed by atoms with Crippen LogP contribution >= 0.6 is 23.4 Å². The fourth-order valence-electron chi connectivity index (χ4n) is 2.04. The van der Waals surface area contributed by atoms with Gasteiger partial charge in [0.15, 0.2) is 0 Å². The van der Waals surface area contributed by atoms with E-state index in [1.165, 1.54) is 31.1 Å². The zero-order valence-electron chi connectivity index (χ0n) is 12.5. The summed E-state index contributed by atoms with van der Waals surface area (Å²) in [6.07, 6.45) is 1.42. The Kier molecular flexibility index (Phi) is 6.23. The molecule has 0 radical (unpaired) electrons. The van der Waals surface area contributed by atoms with Crippen molar-refractivity contribution in [3.05, 3.63) is 29.0 Å². The molecule has 2 amide bonds. The molecule has 1 saturated heterocycles. The lowest BCUT2D eigenvalue weighted by molar-refractivity contribution is -0.141. The van der Waals surface area contributed by atoms with Gasteiger partial charge in [0.05, 0.1) is 13.7 Å². The number of hydrogen-bond donors (Lipinski definition) is 1. The van der Waals surface area contributed by atoms with E-state index < -0.39 is 5.91 Å². The van der Waals surface area contributed by atoms with Crippen molar-refractivity contribution in [2.45, 2.75) is 5.25 Å². The minimum absolute atomic E-state index is 0.145. The molecule has 0 saturated carbocycles. The lowest BCUT2D eigenvalue weighted by Gasteiger charge is -2.31. The fourth-order valence-corrected chi connectivity index (χ4v) is 3.32. The Bertz CT molecular complexity index is 613. The number of methoxy groups -OCH3 is 1. The monoisotopic (exact) mass is 357 g/mol. The smallest absolute Gasteiger partial charge is 0.320 e. The molecule has 2 rings (SSSR count). The maximum Gasteiger partial charge on any atom is 0.320 e. The van der Waals surface area contributed by atoms with Gasteiger partial charge >= 0.3 is 5.97 Å². The van der Waals surface area contributed by atoms with E-state index in [1.807, 2.05) is 0 Å². The zero-order valence-corrected chi connectivity index (χ0v) is 14.0. The number of carbonyl (C=O) groups is 3. The van der Waals surface area contributed by atoms with E-state index in [-0.39, 0.29) is 35.9 Å². The molecular formula is C14H16ClN3O4S. The molecule has 0 aromatic carbocycles. The first-order valence-corrected chi connectivity index (χ1v) is 8.31. The van der Waals surface area contributed by atoms with Gasteiger partial charge in [-0.2, -0.15) is 0 Å². The van der Waals surface area contributed by atoms with Crippen LogP contribution < -0.4 is 5.32 Å². The van der Waals surface area contributed by atoms with E-state index in [4.69, 9.17) is 16.3 Å². The second-order valence-corrected chi connectivity index (χ2v) is 6.51.